The van der Waals surface area contributed by atoms with Crippen LogP contribution in [0.15, 0.2) is 57.2 Å². The van der Waals surface area contributed by atoms with Crippen molar-refractivity contribution in [3.63, 3.8) is 0 Å². The number of ketones is 1. The van der Waals surface area contributed by atoms with E-state index in [1.54, 1.807) is 12.1 Å². The lowest BCUT2D eigenvalue weighted by atomic mass is 9.92. The first-order valence-corrected chi connectivity index (χ1v) is 18.2. The van der Waals surface area contributed by atoms with Gasteiger partial charge < -0.3 is 24.8 Å². The summed E-state index contributed by atoms with van der Waals surface area (Å²) < 4.78 is 9.58. The highest BCUT2D eigenvalue weighted by Crippen LogP contribution is 2.30. The summed E-state index contributed by atoms with van der Waals surface area (Å²) in [7, 11) is 2.65. The fourth-order valence-electron chi connectivity index (χ4n) is 7.27. The lowest BCUT2D eigenvalue weighted by Crippen LogP contribution is -2.21. The van der Waals surface area contributed by atoms with Gasteiger partial charge in [0, 0.05) is 57.6 Å². The molecule has 0 saturated carbocycles. The second-order valence-corrected chi connectivity index (χ2v) is 13.6. The van der Waals surface area contributed by atoms with Crippen LogP contribution in [-0.2, 0) is 41.5 Å². The van der Waals surface area contributed by atoms with Gasteiger partial charge in [0.25, 0.3) is 11.8 Å². The van der Waals surface area contributed by atoms with Gasteiger partial charge in [-0.2, -0.15) is 0 Å². The third kappa shape index (κ3) is 7.76. The van der Waals surface area contributed by atoms with Crippen molar-refractivity contribution in [3.8, 4) is 0 Å². The molecule has 2 aliphatic rings. The van der Waals surface area contributed by atoms with Crippen LogP contribution in [0.4, 0.5) is 0 Å². The van der Waals surface area contributed by atoms with Gasteiger partial charge >= 0.3 is 11.9 Å². The highest BCUT2D eigenvalue weighted by molar-refractivity contribution is 6.38. The number of hydrogen-bond donors (Lipinski definition) is 3. The molecule has 0 saturated heterocycles. The number of amides is 2. The Hall–Kier alpha value is -5.84. The quantitative estimate of drug-likeness (QED) is 0.159. The molecule has 0 unspecified atom stereocenters. The number of H-pyrrole nitrogens is 2. The van der Waals surface area contributed by atoms with Gasteiger partial charge in [0.05, 0.1) is 25.3 Å². The van der Waals surface area contributed by atoms with Crippen molar-refractivity contribution in [1.82, 2.24) is 15.3 Å². The summed E-state index contributed by atoms with van der Waals surface area (Å²) in [6.45, 7) is 13.5. The number of aromatic nitrogens is 2. The number of nitrogens with one attached hydrogen (secondary N) is 3. The van der Waals surface area contributed by atoms with E-state index in [2.05, 4.69) is 47.1 Å². The first-order valence-electron chi connectivity index (χ1n) is 18.2. The van der Waals surface area contributed by atoms with Crippen molar-refractivity contribution in [2.75, 3.05) is 14.2 Å². The standard InChI is InChI=1S/C43H48N4O7/c1-10-29-22(3)33(20-34-23(4)31(42(51)46-34)16-18-37(49)53-8)44-35(29)21-36-30(11-2)24(5)40(45-36)39(28-14-12-27(13-15-28)26(7)48)41-25(6)32(43(52)47-41)17-19-38(50)54-9/h12-15,20-21,44-45H,10-11,16-19H2,1-9H3,(H,46,51)/b34-20+,36-21+,40-39+. The van der Waals surface area contributed by atoms with Gasteiger partial charge in [-0.1, -0.05) is 38.1 Å². The molecular formula is C43H48N4O7. The zero-order chi connectivity index (χ0) is 39.4. The van der Waals surface area contributed by atoms with E-state index < -0.39 is 5.97 Å². The monoisotopic (exact) mass is 732 g/mol. The molecule has 2 aliphatic heterocycles. The van der Waals surface area contributed by atoms with Crippen LogP contribution < -0.4 is 16.0 Å². The van der Waals surface area contributed by atoms with Crippen LogP contribution in [0.3, 0.4) is 0 Å². The lowest BCUT2D eigenvalue weighted by molar-refractivity contribution is -0.141. The first kappa shape index (κ1) is 39.4. The molecular weight excluding hydrogens is 684 g/mol. The topological polar surface area (TPSA) is 160 Å². The van der Waals surface area contributed by atoms with Crippen molar-refractivity contribution in [2.45, 2.75) is 87.0 Å². The van der Waals surface area contributed by atoms with E-state index in [4.69, 9.17) is 9.47 Å². The van der Waals surface area contributed by atoms with E-state index in [-0.39, 0.29) is 42.8 Å². The Bertz CT molecular complexity index is 2330. The number of rotatable bonds is 13. The molecule has 282 valence electrons. The van der Waals surface area contributed by atoms with E-state index in [0.29, 0.717) is 40.1 Å². The Labute approximate surface area is 315 Å². The molecule has 3 aromatic rings. The van der Waals surface area contributed by atoms with Gasteiger partial charge in [-0.3, -0.25) is 24.0 Å². The molecule has 54 heavy (non-hydrogen) atoms. The van der Waals surface area contributed by atoms with Crippen LogP contribution in [-0.4, -0.2) is 59.4 Å². The Kier molecular flexibility index (Phi) is 12.0. The number of allylic oxidation sites excluding steroid dienone is 2. The number of ether oxygens (including phenoxy) is 2. The number of aliphatic imine (C=N–C) groups is 1. The number of carbonyl (C=O) groups is 5. The number of aromatic amines is 2. The number of esters is 2. The molecule has 0 radical (unpaired) electrons. The van der Waals surface area contributed by atoms with Crippen LogP contribution in [0.5, 0.6) is 0 Å². The molecule has 4 heterocycles. The molecule has 11 heteroatoms. The molecule has 0 aliphatic carbocycles. The third-order valence-electron chi connectivity index (χ3n) is 10.5. The Morgan fingerprint density at radius 3 is 1.91 bits per heavy atom. The van der Waals surface area contributed by atoms with Crippen LogP contribution in [0.2, 0.25) is 0 Å². The van der Waals surface area contributed by atoms with Crippen molar-refractivity contribution >= 4 is 53.0 Å². The Morgan fingerprint density at radius 2 is 1.33 bits per heavy atom. The Balaban J connectivity index is 1.68. The van der Waals surface area contributed by atoms with Gasteiger partial charge in [0.2, 0.25) is 0 Å². The zero-order valence-corrected chi connectivity index (χ0v) is 32.5. The van der Waals surface area contributed by atoms with E-state index >= 15 is 0 Å². The number of Topliss-reactive ketones (excluding diaryl/α,β-unsaturated/α-hetero) is 1. The smallest absolute Gasteiger partial charge is 0.305 e. The summed E-state index contributed by atoms with van der Waals surface area (Å²) in [5.74, 6) is -1.42. The van der Waals surface area contributed by atoms with Crippen LogP contribution >= 0.6 is 0 Å². The van der Waals surface area contributed by atoms with E-state index in [9.17, 15) is 24.0 Å². The SMILES string of the molecule is CCc1c(/C=c2/[nH]/c(=C(/C3=NC(=O)C(CCC(=O)OC)=C3C)c3ccc(C(C)=O)cc3)c(C)c2CC)[nH]c(/C=C2/NC(=O)C(CCC(=O)OC)=C2C)c1C. The van der Waals surface area contributed by atoms with Crippen molar-refractivity contribution in [1.29, 1.82) is 0 Å². The summed E-state index contributed by atoms with van der Waals surface area (Å²) in [6.07, 6.45) is 6.21. The summed E-state index contributed by atoms with van der Waals surface area (Å²) in [4.78, 5) is 73.8. The first-order chi connectivity index (χ1) is 25.7. The number of nitrogens with zero attached hydrogens (tertiary/aromatic N) is 1. The molecule has 2 amide bonds. The molecule has 1 aromatic carbocycles. The molecule has 3 N–H and O–H groups in total. The minimum absolute atomic E-state index is 0.0534. The van der Waals surface area contributed by atoms with E-state index in [1.807, 2.05) is 39.0 Å². The highest BCUT2D eigenvalue weighted by atomic mass is 16.5. The second-order valence-electron chi connectivity index (χ2n) is 13.6. The van der Waals surface area contributed by atoms with E-state index in [0.717, 1.165) is 73.9 Å². The predicted molar refractivity (Wildman–Crippen MR) is 208 cm³/mol. The van der Waals surface area contributed by atoms with Crippen LogP contribution in [0.25, 0.3) is 17.7 Å². The molecule has 0 fully saturated rings. The van der Waals surface area contributed by atoms with E-state index in [1.165, 1.54) is 21.1 Å². The summed E-state index contributed by atoms with van der Waals surface area (Å²) in [5, 5.41) is 4.66. The van der Waals surface area contributed by atoms with Gasteiger partial charge in [-0.25, -0.2) is 4.99 Å². The summed E-state index contributed by atoms with van der Waals surface area (Å²) in [6, 6.07) is 7.29. The third-order valence-corrected chi connectivity index (χ3v) is 10.5. The molecule has 5 rings (SSSR count). The lowest BCUT2D eigenvalue weighted by Gasteiger charge is -2.11. The highest BCUT2D eigenvalue weighted by Gasteiger charge is 2.29. The van der Waals surface area contributed by atoms with Gasteiger partial charge in [-0.05, 0) is 111 Å². The van der Waals surface area contributed by atoms with Crippen molar-refractivity contribution < 1.29 is 33.4 Å². The fraction of sp³-hybridized carbons (Fsp3) is 0.349. The average Bonchev–Trinajstić information content (AvgIpc) is 3.81. The molecule has 11 nitrogen and oxygen atoms in total. The number of hydrogen-bond acceptors (Lipinski definition) is 7. The fourth-order valence-corrected chi connectivity index (χ4v) is 7.27. The van der Waals surface area contributed by atoms with Crippen LogP contribution in [0, 0.1) is 13.8 Å². The number of carbonyl (C=O) groups excluding carboxylic acids is 5. The van der Waals surface area contributed by atoms with Gasteiger partial charge in [0.1, 0.15) is 0 Å². The maximum atomic E-state index is 13.3. The normalized spacial score (nSPS) is 16.1. The average molecular weight is 733 g/mol. The largest absolute Gasteiger partial charge is 0.469 e. The molecule has 0 atom stereocenters. The van der Waals surface area contributed by atoms with Gasteiger partial charge in [-0.15, -0.1) is 0 Å². The number of benzene rings is 1. The summed E-state index contributed by atoms with van der Waals surface area (Å²) >= 11 is 0. The van der Waals surface area contributed by atoms with Crippen LogP contribution in [0.1, 0.15) is 110 Å². The second kappa shape index (κ2) is 16.4. The molecule has 0 bridgehead atoms. The maximum absolute atomic E-state index is 13.3. The number of methoxy groups -OCH3 is 2. The minimum Gasteiger partial charge on any atom is -0.469 e. The minimum atomic E-state index is -0.404. The van der Waals surface area contributed by atoms with Gasteiger partial charge in [0.15, 0.2) is 5.78 Å². The molecule has 2 aromatic heterocycles. The maximum Gasteiger partial charge on any atom is 0.305 e. The Morgan fingerprint density at radius 1 is 0.741 bits per heavy atom. The summed E-state index contributed by atoms with van der Waals surface area (Å²) in [5.41, 5.74) is 11.8. The molecule has 0 spiro atoms. The zero-order valence-electron chi connectivity index (χ0n) is 32.5. The van der Waals surface area contributed by atoms with Crippen molar-refractivity contribution in [3.05, 3.63) is 108 Å². The van der Waals surface area contributed by atoms with Crippen molar-refractivity contribution in [2.24, 2.45) is 4.99 Å². The predicted octanol–water partition coefficient (Wildman–Crippen LogP) is 5.31.